The second-order valence-corrected chi connectivity index (χ2v) is 11.2. The van der Waals surface area contributed by atoms with Crippen LogP contribution in [-0.4, -0.2) is 15.3 Å². The Morgan fingerprint density at radius 3 is 2.31 bits per heavy atom. The van der Waals surface area contributed by atoms with Gasteiger partial charge in [0.1, 0.15) is 0 Å². The van der Waals surface area contributed by atoms with E-state index in [9.17, 15) is 18.5 Å². The van der Waals surface area contributed by atoms with Gasteiger partial charge in [0.05, 0.1) is 5.60 Å². The van der Waals surface area contributed by atoms with E-state index in [0.29, 0.717) is 0 Å². The zero-order valence-corrected chi connectivity index (χ0v) is 18.0. The van der Waals surface area contributed by atoms with Crippen LogP contribution in [0.1, 0.15) is 53.8 Å². The number of halogens is 1. The summed E-state index contributed by atoms with van der Waals surface area (Å²) < 4.78 is 30.5. The fourth-order valence-corrected chi connectivity index (χ4v) is 6.45. The van der Waals surface area contributed by atoms with Crippen molar-refractivity contribution in [1.82, 2.24) is 0 Å². The monoisotopic (exact) mass is 437 g/mol. The predicted octanol–water partition coefficient (Wildman–Crippen LogP) is 4.02. The van der Waals surface area contributed by atoms with Gasteiger partial charge >= 0.3 is 6.03 Å². The van der Waals surface area contributed by atoms with Gasteiger partial charge in [0.25, 0.3) is 0 Å². The quantitative estimate of drug-likeness (QED) is 0.675. The molecule has 1 heterocycles. The van der Waals surface area contributed by atoms with Crippen LogP contribution in [0.2, 0.25) is 0 Å². The Balaban J connectivity index is 1.68. The second kappa shape index (κ2) is 7.16. The topological polar surface area (TPSA) is 105 Å². The number of aliphatic hydroxyl groups is 1. The highest BCUT2D eigenvalue weighted by molar-refractivity contribution is 7.93. The lowest BCUT2D eigenvalue weighted by Crippen LogP contribution is -2.19. The number of fused-ring (bicyclic) bond motifs is 2. The van der Waals surface area contributed by atoms with Crippen LogP contribution in [0.3, 0.4) is 0 Å². The average Bonchev–Trinajstić information content (AvgIpc) is 3.31. The van der Waals surface area contributed by atoms with E-state index in [0.717, 1.165) is 72.7 Å². The molecule has 2 amide bonds. The molecular weight excluding hydrogens is 413 g/mol. The van der Waals surface area contributed by atoms with Crippen molar-refractivity contribution in [2.24, 2.45) is 9.50 Å². The first-order valence-electron chi connectivity index (χ1n) is 9.61. The van der Waals surface area contributed by atoms with Crippen molar-refractivity contribution in [3.8, 4) is 0 Å². The molecule has 2 aromatic rings. The molecule has 156 valence electrons. The Labute approximate surface area is 173 Å². The molecule has 0 aliphatic heterocycles. The molecule has 0 fully saturated rings. The molecule has 4 N–H and O–H groups in total. The zero-order valence-electron chi connectivity index (χ0n) is 16.4. The van der Waals surface area contributed by atoms with Crippen molar-refractivity contribution in [2.75, 3.05) is 5.32 Å². The summed E-state index contributed by atoms with van der Waals surface area (Å²) in [7, 11) is -3.78. The third-order valence-corrected chi connectivity index (χ3v) is 8.80. The van der Waals surface area contributed by atoms with Gasteiger partial charge in [0, 0.05) is 10.6 Å². The number of carbonyl (C=O) groups excluding carboxylic acids is 1. The molecule has 0 radical (unpaired) electrons. The molecule has 1 aromatic carbocycles. The number of thiophene rings is 1. The molecule has 1 atom stereocenters. The zero-order chi connectivity index (χ0) is 21.0. The van der Waals surface area contributed by atoms with E-state index >= 15 is 0 Å². The molecule has 0 saturated heterocycles. The smallest absolute Gasteiger partial charge is 0.354 e. The van der Waals surface area contributed by atoms with Crippen molar-refractivity contribution >= 4 is 33.0 Å². The Morgan fingerprint density at radius 1 is 1.21 bits per heavy atom. The summed E-state index contributed by atoms with van der Waals surface area (Å²) in [4.78, 5) is 12.9. The highest BCUT2D eigenvalue weighted by atomic mass is 32.2. The number of benzene rings is 1. The predicted molar refractivity (Wildman–Crippen MR) is 112 cm³/mol. The van der Waals surface area contributed by atoms with E-state index in [1.54, 1.807) is 0 Å². The lowest BCUT2D eigenvalue weighted by atomic mass is 9.99. The SMILES string of the molecule is CC(C)(O)c1cc(F)c([S@](N)(=O)=NC(=O)Nc2c3c(cc4c2CCC4)CCC3)s1. The molecule has 6 nitrogen and oxygen atoms in total. The Kier molecular flexibility index (Phi) is 5.05. The average molecular weight is 438 g/mol. The van der Waals surface area contributed by atoms with Crippen LogP contribution in [-0.2, 0) is 41.2 Å². The molecule has 2 aliphatic carbocycles. The number of nitrogens with zero attached hydrogens (tertiary/aromatic N) is 1. The van der Waals surface area contributed by atoms with Crippen molar-refractivity contribution in [3.05, 3.63) is 45.1 Å². The third-order valence-electron chi connectivity index (χ3n) is 5.45. The molecule has 9 heteroatoms. The standard InChI is InChI=1S/C20H24FN3O3S2/c1-20(2,26)16-10-15(21)18(28-16)29(22,27)24-19(25)23-17-13-7-3-5-11(13)9-12-6-4-8-14(12)17/h9-10,26H,3-8H2,1-2H3,(H3,22,23,24,25,27)/t29-/m1/s1. The summed E-state index contributed by atoms with van der Waals surface area (Å²) in [6.45, 7) is 2.97. The number of urea groups is 1. The summed E-state index contributed by atoms with van der Waals surface area (Å²) in [5.41, 5.74) is 4.17. The van der Waals surface area contributed by atoms with Crippen molar-refractivity contribution in [2.45, 2.75) is 62.2 Å². The number of nitrogens with one attached hydrogen (secondary N) is 1. The van der Waals surface area contributed by atoms with E-state index in [1.165, 1.54) is 25.0 Å². The summed E-state index contributed by atoms with van der Waals surface area (Å²) in [6.07, 6.45) is 5.79. The Hall–Kier alpha value is -1.81. The summed E-state index contributed by atoms with van der Waals surface area (Å²) in [6, 6.07) is 2.48. The molecule has 0 bridgehead atoms. The van der Waals surface area contributed by atoms with Gasteiger partial charge in [-0.3, -0.25) is 0 Å². The summed E-state index contributed by atoms with van der Waals surface area (Å²) >= 11 is 0.763. The minimum atomic E-state index is -3.78. The Morgan fingerprint density at radius 2 is 1.79 bits per heavy atom. The molecule has 0 spiro atoms. The third kappa shape index (κ3) is 3.84. The molecule has 0 unspecified atom stereocenters. The molecule has 4 rings (SSSR count). The van der Waals surface area contributed by atoms with E-state index < -0.39 is 27.4 Å². The number of carbonyl (C=O) groups is 1. The summed E-state index contributed by atoms with van der Waals surface area (Å²) in [5, 5.41) is 18.6. The van der Waals surface area contributed by atoms with Crippen LogP contribution in [0.15, 0.2) is 20.7 Å². The number of hydrogen-bond donors (Lipinski definition) is 3. The van der Waals surface area contributed by atoms with Crippen molar-refractivity contribution in [1.29, 1.82) is 0 Å². The number of nitrogens with two attached hydrogens (primary N) is 1. The number of aryl methyl sites for hydroxylation is 2. The van der Waals surface area contributed by atoms with Crippen molar-refractivity contribution in [3.63, 3.8) is 0 Å². The molecular formula is C20H24FN3O3S2. The van der Waals surface area contributed by atoms with Gasteiger partial charge < -0.3 is 10.4 Å². The Bertz CT molecular complexity index is 1090. The molecule has 2 aliphatic rings. The second-order valence-electron chi connectivity index (χ2n) is 8.13. The van der Waals surface area contributed by atoms with Gasteiger partial charge in [0.2, 0.25) is 0 Å². The van der Waals surface area contributed by atoms with Crippen LogP contribution in [0, 0.1) is 5.82 Å². The first-order valence-corrected chi connectivity index (χ1v) is 12.0. The minimum absolute atomic E-state index is 0.262. The normalized spacial score (nSPS) is 17.6. The highest BCUT2D eigenvalue weighted by Crippen LogP contribution is 2.39. The maximum atomic E-state index is 14.3. The number of anilines is 1. The summed E-state index contributed by atoms with van der Waals surface area (Å²) in [5.74, 6) is -0.835. The van der Waals surface area contributed by atoms with E-state index in [-0.39, 0.29) is 9.09 Å². The maximum Gasteiger partial charge on any atom is 0.354 e. The van der Waals surface area contributed by atoms with Gasteiger partial charge in [-0.1, -0.05) is 6.07 Å². The van der Waals surface area contributed by atoms with Crippen LogP contribution in [0.25, 0.3) is 0 Å². The van der Waals surface area contributed by atoms with E-state index in [2.05, 4.69) is 15.7 Å². The van der Waals surface area contributed by atoms with Crippen LogP contribution in [0.5, 0.6) is 0 Å². The van der Waals surface area contributed by atoms with Gasteiger partial charge in [-0.2, -0.15) is 0 Å². The largest absolute Gasteiger partial charge is 0.385 e. The van der Waals surface area contributed by atoms with Gasteiger partial charge in [-0.05, 0) is 80.7 Å². The van der Waals surface area contributed by atoms with Crippen molar-refractivity contribution < 1.29 is 18.5 Å². The molecule has 29 heavy (non-hydrogen) atoms. The number of amides is 2. The first-order chi connectivity index (χ1) is 13.6. The maximum absolute atomic E-state index is 14.3. The van der Waals surface area contributed by atoms with E-state index in [1.807, 2.05) is 0 Å². The van der Waals surface area contributed by atoms with Gasteiger partial charge in [0.15, 0.2) is 19.9 Å². The van der Waals surface area contributed by atoms with Gasteiger partial charge in [-0.25, -0.2) is 18.5 Å². The van der Waals surface area contributed by atoms with Crippen LogP contribution in [0.4, 0.5) is 14.9 Å². The minimum Gasteiger partial charge on any atom is -0.385 e. The molecule has 1 aromatic heterocycles. The number of hydrogen-bond acceptors (Lipinski definition) is 4. The lowest BCUT2D eigenvalue weighted by Gasteiger charge is -2.15. The van der Waals surface area contributed by atoms with Gasteiger partial charge in [-0.15, -0.1) is 15.7 Å². The number of rotatable bonds is 3. The fraction of sp³-hybridized carbons (Fsp3) is 0.450. The molecule has 0 saturated carbocycles. The van der Waals surface area contributed by atoms with Crippen LogP contribution < -0.4 is 10.5 Å². The lowest BCUT2D eigenvalue weighted by molar-refractivity contribution is 0.0823. The highest BCUT2D eigenvalue weighted by Gasteiger charge is 2.28. The first kappa shape index (κ1) is 20.5. The van der Waals surface area contributed by atoms with Crippen LogP contribution >= 0.6 is 11.3 Å². The fourth-order valence-electron chi connectivity index (χ4n) is 4.11. The van der Waals surface area contributed by atoms with E-state index in [4.69, 9.17) is 5.14 Å².